The molecule has 2 amide bonds. The predicted molar refractivity (Wildman–Crippen MR) is 64.6 cm³/mol. The summed E-state index contributed by atoms with van der Waals surface area (Å²) in [7, 11) is 0. The lowest BCUT2D eigenvalue weighted by molar-refractivity contribution is -0.123. The van der Waals surface area contributed by atoms with Gasteiger partial charge in [-0.05, 0) is 19.8 Å². The van der Waals surface area contributed by atoms with Gasteiger partial charge in [-0.15, -0.1) is 0 Å². The molecule has 6 heteroatoms. The second kappa shape index (κ2) is 5.12. The number of primary amides is 1. The minimum Gasteiger partial charge on any atom is -0.369 e. The van der Waals surface area contributed by atoms with E-state index >= 15 is 0 Å². The first-order valence-corrected chi connectivity index (χ1v) is 5.95. The molecule has 0 bridgehead atoms. The molecule has 0 spiro atoms. The monoisotopic (exact) mass is 248 g/mol. The van der Waals surface area contributed by atoms with Crippen molar-refractivity contribution < 1.29 is 9.59 Å². The molecule has 1 fully saturated rings. The molecule has 1 aliphatic rings. The van der Waals surface area contributed by atoms with Gasteiger partial charge in [0.2, 0.25) is 5.91 Å². The predicted octanol–water partition coefficient (Wildman–Crippen LogP) is 0.123. The van der Waals surface area contributed by atoms with E-state index in [-0.39, 0.29) is 17.7 Å². The van der Waals surface area contributed by atoms with Crippen molar-refractivity contribution in [1.82, 2.24) is 14.9 Å². The topological polar surface area (TPSA) is 89.2 Å². The van der Waals surface area contributed by atoms with Crippen molar-refractivity contribution in [3.63, 3.8) is 0 Å². The second-order valence-corrected chi connectivity index (χ2v) is 4.54. The summed E-state index contributed by atoms with van der Waals surface area (Å²) in [5.74, 6) is -0.781. The van der Waals surface area contributed by atoms with E-state index in [0.29, 0.717) is 18.8 Å². The maximum atomic E-state index is 12.2. The first-order chi connectivity index (χ1) is 8.58. The van der Waals surface area contributed by atoms with Crippen molar-refractivity contribution >= 4 is 11.8 Å². The highest BCUT2D eigenvalue weighted by Gasteiger charge is 2.28. The Morgan fingerprint density at radius 2 is 2.17 bits per heavy atom. The molecule has 1 atom stereocenters. The van der Waals surface area contributed by atoms with E-state index in [2.05, 4.69) is 9.97 Å². The lowest BCUT2D eigenvalue weighted by Crippen LogP contribution is -2.44. The summed E-state index contributed by atoms with van der Waals surface area (Å²) in [6.45, 7) is 2.83. The Morgan fingerprint density at radius 1 is 1.39 bits per heavy atom. The van der Waals surface area contributed by atoms with Crippen LogP contribution < -0.4 is 5.73 Å². The molecule has 0 saturated carbocycles. The highest BCUT2D eigenvalue weighted by molar-refractivity contribution is 5.92. The first-order valence-electron chi connectivity index (χ1n) is 5.95. The average Bonchev–Trinajstić information content (AvgIpc) is 2.39. The third-order valence-corrected chi connectivity index (χ3v) is 3.11. The Bertz CT molecular complexity index is 458. The third kappa shape index (κ3) is 2.64. The Hall–Kier alpha value is -1.98. The summed E-state index contributed by atoms with van der Waals surface area (Å²) in [5.41, 5.74) is 6.36. The van der Waals surface area contributed by atoms with Crippen LogP contribution in [0.5, 0.6) is 0 Å². The van der Waals surface area contributed by atoms with Crippen LogP contribution in [0.4, 0.5) is 0 Å². The zero-order valence-electron chi connectivity index (χ0n) is 10.3. The van der Waals surface area contributed by atoms with Gasteiger partial charge in [-0.25, -0.2) is 4.98 Å². The number of carbonyl (C=O) groups is 2. The fourth-order valence-electron chi connectivity index (χ4n) is 2.06. The molecule has 0 aliphatic carbocycles. The van der Waals surface area contributed by atoms with Crippen LogP contribution in [-0.2, 0) is 4.79 Å². The minimum absolute atomic E-state index is 0.187. The first kappa shape index (κ1) is 12.5. The van der Waals surface area contributed by atoms with E-state index in [4.69, 9.17) is 5.73 Å². The van der Waals surface area contributed by atoms with Crippen molar-refractivity contribution in [3.05, 3.63) is 23.8 Å². The van der Waals surface area contributed by atoms with Crippen LogP contribution in [0, 0.1) is 12.8 Å². The third-order valence-electron chi connectivity index (χ3n) is 3.11. The maximum absolute atomic E-state index is 12.2. The molecule has 2 N–H and O–H groups in total. The fourth-order valence-corrected chi connectivity index (χ4v) is 2.06. The van der Waals surface area contributed by atoms with Crippen LogP contribution >= 0.6 is 0 Å². The fraction of sp³-hybridized carbons (Fsp3) is 0.500. The summed E-state index contributed by atoms with van der Waals surface area (Å²) in [5, 5.41) is 0. The van der Waals surface area contributed by atoms with Crippen LogP contribution in [0.3, 0.4) is 0 Å². The lowest BCUT2D eigenvalue weighted by atomic mass is 9.97. The Labute approximate surface area is 105 Å². The number of likely N-dealkylation sites (tertiary alicyclic amines) is 1. The molecule has 2 rings (SSSR count). The molecule has 1 saturated heterocycles. The number of hydrogen-bond acceptors (Lipinski definition) is 4. The number of nitrogens with two attached hydrogens (primary N) is 1. The molecule has 6 nitrogen and oxygen atoms in total. The van der Waals surface area contributed by atoms with Crippen molar-refractivity contribution in [1.29, 1.82) is 0 Å². The standard InChI is InChI=1S/C12H16N4O2/c1-8-5-15-10(6-14-8)12(18)16-4-2-3-9(7-16)11(13)17/h5-6,9H,2-4,7H2,1H3,(H2,13,17)/t9-/m0/s1. The molecule has 2 heterocycles. The molecule has 1 aliphatic heterocycles. The number of aryl methyl sites for hydroxylation is 1. The lowest BCUT2D eigenvalue weighted by Gasteiger charge is -2.30. The zero-order valence-corrected chi connectivity index (χ0v) is 10.3. The van der Waals surface area contributed by atoms with Crippen LogP contribution in [0.15, 0.2) is 12.4 Å². The van der Waals surface area contributed by atoms with E-state index in [1.165, 1.54) is 6.20 Å². The van der Waals surface area contributed by atoms with Crippen molar-refractivity contribution in [2.24, 2.45) is 11.7 Å². The molecule has 0 aromatic carbocycles. The van der Waals surface area contributed by atoms with Crippen molar-refractivity contribution in [3.8, 4) is 0 Å². The van der Waals surface area contributed by atoms with Gasteiger partial charge in [0.25, 0.3) is 5.91 Å². The largest absolute Gasteiger partial charge is 0.369 e. The van der Waals surface area contributed by atoms with Gasteiger partial charge < -0.3 is 10.6 Å². The number of nitrogens with zero attached hydrogens (tertiary/aromatic N) is 3. The molecule has 96 valence electrons. The van der Waals surface area contributed by atoms with Crippen LogP contribution in [0.2, 0.25) is 0 Å². The van der Waals surface area contributed by atoms with Gasteiger partial charge >= 0.3 is 0 Å². The van der Waals surface area contributed by atoms with E-state index in [1.54, 1.807) is 11.1 Å². The quantitative estimate of drug-likeness (QED) is 0.805. The van der Waals surface area contributed by atoms with E-state index in [1.807, 2.05) is 6.92 Å². The molecule has 1 aromatic heterocycles. The van der Waals surface area contributed by atoms with Gasteiger partial charge in [0.1, 0.15) is 5.69 Å². The Morgan fingerprint density at radius 3 is 2.78 bits per heavy atom. The van der Waals surface area contributed by atoms with Gasteiger partial charge in [-0.3, -0.25) is 14.6 Å². The Balaban J connectivity index is 2.09. The van der Waals surface area contributed by atoms with Crippen molar-refractivity contribution in [2.75, 3.05) is 13.1 Å². The van der Waals surface area contributed by atoms with E-state index < -0.39 is 0 Å². The number of piperidine rings is 1. The number of hydrogen-bond donors (Lipinski definition) is 1. The molecule has 1 aromatic rings. The second-order valence-electron chi connectivity index (χ2n) is 4.54. The zero-order chi connectivity index (χ0) is 13.1. The molecule has 0 unspecified atom stereocenters. The average molecular weight is 248 g/mol. The summed E-state index contributed by atoms with van der Waals surface area (Å²) in [4.78, 5) is 33.0. The van der Waals surface area contributed by atoms with Gasteiger partial charge in [0.15, 0.2) is 0 Å². The maximum Gasteiger partial charge on any atom is 0.274 e. The molecule has 0 radical (unpaired) electrons. The van der Waals surface area contributed by atoms with Gasteiger partial charge in [0, 0.05) is 19.3 Å². The van der Waals surface area contributed by atoms with Gasteiger partial charge in [-0.1, -0.05) is 0 Å². The van der Waals surface area contributed by atoms with Crippen LogP contribution in [-0.4, -0.2) is 39.8 Å². The highest BCUT2D eigenvalue weighted by atomic mass is 16.2. The van der Waals surface area contributed by atoms with E-state index in [0.717, 1.165) is 18.5 Å². The normalized spacial score (nSPS) is 19.6. The number of amides is 2. The summed E-state index contributed by atoms with van der Waals surface area (Å²) in [6, 6.07) is 0. The highest BCUT2D eigenvalue weighted by Crippen LogP contribution is 2.17. The SMILES string of the molecule is Cc1cnc(C(=O)N2CCC[C@H](C(N)=O)C2)cn1. The number of carbonyl (C=O) groups excluding carboxylic acids is 2. The Kier molecular flexibility index (Phi) is 3.55. The smallest absolute Gasteiger partial charge is 0.274 e. The van der Waals surface area contributed by atoms with Gasteiger partial charge in [-0.2, -0.15) is 0 Å². The number of aromatic nitrogens is 2. The minimum atomic E-state index is -0.345. The van der Waals surface area contributed by atoms with Gasteiger partial charge in [0.05, 0.1) is 17.8 Å². The summed E-state index contributed by atoms with van der Waals surface area (Å²) >= 11 is 0. The van der Waals surface area contributed by atoms with Crippen LogP contribution in [0.25, 0.3) is 0 Å². The van der Waals surface area contributed by atoms with Crippen molar-refractivity contribution in [2.45, 2.75) is 19.8 Å². The van der Waals surface area contributed by atoms with Crippen LogP contribution in [0.1, 0.15) is 29.0 Å². The number of rotatable bonds is 2. The molecular formula is C12H16N4O2. The van der Waals surface area contributed by atoms with E-state index in [9.17, 15) is 9.59 Å². The summed E-state index contributed by atoms with van der Waals surface area (Å²) in [6.07, 6.45) is 4.56. The molecule has 18 heavy (non-hydrogen) atoms. The molecular weight excluding hydrogens is 232 g/mol. The summed E-state index contributed by atoms with van der Waals surface area (Å²) < 4.78 is 0.